The summed E-state index contributed by atoms with van der Waals surface area (Å²) in [4.78, 5) is 11.2. The van der Waals surface area contributed by atoms with Crippen molar-refractivity contribution in [1.82, 2.24) is 5.32 Å². The Morgan fingerprint density at radius 2 is 1.96 bits per heavy atom. The van der Waals surface area contributed by atoms with Crippen LogP contribution in [0.3, 0.4) is 0 Å². The number of hydrogen-bond donors (Lipinski definition) is 2. The second kappa shape index (κ2) is 10.3. The molecule has 0 bridgehead atoms. The summed E-state index contributed by atoms with van der Waals surface area (Å²) in [6.07, 6.45) is -0.324. The summed E-state index contributed by atoms with van der Waals surface area (Å²) in [7, 11) is 1.38. The number of esters is 1. The number of rotatable bonds is 9. The number of aliphatic hydroxyl groups excluding tert-OH is 1. The summed E-state index contributed by atoms with van der Waals surface area (Å²) in [6.45, 7) is 2.92. The van der Waals surface area contributed by atoms with E-state index < -0.39 is 6.10 Å². The Morgan fingerprint density at radius 1 is 1.23 bits per heavy atom. The van der Waals surface area contributed by atoms with Crippen LogP contribution in [0.5, 0.6) is 5.75 Å². The van der Waals surface area contributed by atoms with E-state index in [1.54, 1.807) is 0 Å². The summed E-state index contributed by atoms with van der Waals surface area (Å²) in [5.41, 5.74) is 1.74. The van der Waals surface area contributed by atoms with Crippen molar-refractivity contribution in [2.75, 3.05) is 20.3 Å². The number of benzene rings is 2. The molecule has 0 amide bonds. The molecule has 2 rings (SSSR count). The number of ether oxygens (including phenoxy) is 2. The van der Waals surface area contributed by atoms with E-state index in [2.05, 4.69) is 26.0 Å². The summed E-state index contributed by atoms with van der Waals surface area (Å²) >= 11 is 3.41. The van der Waals surface area contributed by atoms with E-state index in [0.29, 0.717) is 13.2 Å². The standard InChI is InChI=1S/C20H24BrNO4/c1-14(22-12-19(23)16-4-3-5-17(21)11-16)13-26-18-8-6-15(7-9-18)10-20(24)25-2/h3-9,11,14,19,22-23H,10,12-13H2,1-2H3. The predicted molar refractivity (Wildman–Crippen MR) is 104 cm³/mol. The van der Waals surface area contributed by atoms with E-state index in [0.717, 1.165) is 21.3 Å². The van der Waals surface area contributed by atoms with Gasteiger partial charge in [-0.15, -0.1) is 0 Å². The molecular formula is C20H24BrNO4. The van der Waals surface area contributed by atoms with Gasteiger partial charge in [-0.2, -0.15) is 0 Å². The summed E-state index contributed by atoms with van der Waals surface area (Å²) in [5.74, 6) is 0.472. The van der Waals surface area contributed by atoms with Crippen LogP contribution < -0.4 is 10.1 Å². The Hall–Kier alpha value is -1.89. The Balaban J connectivity index is 1.74. The summed E-state index contributed by atoms with van der Waals surface area (Å²) in [6, 6.07) is 15.1. The molecule has 0 aliphatic rings. The van der Waals surface area contributed by atoms with Crippen LogP contribution in [0.4, 0.5) is 0 Å². The molecule has 0 radical (unpaired) electrons. The van der Waals surface area contributed by atoms with Crippen molar-refractivity contribution < 1.29 is 19.4 Å². The highest BCUT2D eigenvalue weighted by Crippen LogP contribution is 2.18. The van der Waals surface area contributed by atoms with E-state index in [-0.39, 0.29) is 18.4 Å². The molecule has 5 nitrogen and oxygen atoms in total. The molecule has 2 unspecified atom stereocenters. The highest BCUT2D eigenvalue weighted by molar-refractivity contribution is 9.10. The number of carbonyl (C=O) groups excluding carboxylic acids is 1. The van der Waals surface area contributed by atoms with Gasteiger partial charge in [0.15, 0.2) is 0 Å². The first kappa shape index (κ1) is 20.4. The van der Waals surface area contributed by atoms with Gasteiger partial charge in [0, 0.05) is 17.1 Å². The van der Waals surface area contributed by atoms with Gasteiger partial charge in [-0.25, -0.2) is 0 Å². The van der Waals surface area contributed by atoms with Gasteiger partial charge in [0.2, 0.25) is 0 Å². The molecule has 2 aromatic rings. The van der Waals surface area contributed by atoms with Gasteiger partial charge in [0.25, 0.3) is 0 Å². The molecular weight excluding hydrogens is 398 g/mol. The molecule has 0 aliphatic carbocycles. The normalized spacial score (nSPS) is 13.1. The van der Waals surface area contributed by atoms with Gasteiger partial charge in [-0.1, -0.05) is 40.2 Å². The summed E-state index contributed by atoms with van der Waals surface area (Å²) < 4.78 is 11.3. The Kier molecular flexibility index (Phi) is 8.09. The van der Waals surface area contributed by atoms with Crippen LogP contribution in [0, 0.1) is 0 Å². The zero-order valence-electron chi connectivity index (χ0n) is 14.9. The van der Waals surface area contributed by atoms with Crippen molar-refractivity contribution in [1.29, 1.82) is 0 Å². The van der Waals surface area contributed by atoms with Crippen molar-refractivity contribution in [3.05, 3.63) is 64.1 Å². The topological polar surface area (TPSA) is 67.8 Å². The van der Waals surface area contributed by atoms with Crippen molar-refractivity contribution in [3.63, 3.8) is 0 Å². The molecule has 0 heterocycles. The molecule has 26 heavy (non-hydrogen) atoms. The molecule has 0 aliphatic heterocycles. The lowest BCUT2D eigenvalue weighted by Gasteiger charge is -2.18. The largest absolute Gasteiger partial charge is 0.492 e. The first-order valence-corrected chi connectivity index (χ1v) is 9.22. The number of methoxy groups -OCH3 is 1. The van der Waals surface area contributed by atoms with Gasteiger partial charge >= 0.3 is 5.97 Å². The number of aliphatic hydroxyl groups is 1. The average molecular weight is 422 g/mol. The third kappa shape index (κ3) is 6.78. The molecule has 6 heteroatoms. The average Bonchev–Trinajstić information content (AvgIpc) is 2.65. The number of halogens is 1. The molecule has 0 saturated heterocycles. The van der Waals surface area contributed by atoms with Crippen LogP contribution in [0.2, 0.25) is 0 Å². The fourth-order valence-electron chi connectivity index (χ4n) is 2.37. The maximum Gasteiger partial charge on any atom is 0.309 e. The Morgan fingerprint density at radius 3 is 2.62 bits per heavy atom. The van der Waals surface area contributed by atoms with Crippen LogP contribution in [-0.4, -0.2) is 37.4 Å². The monoisotopic (exact) mass is 421 g/mol. The first-order chi connectivity index (χ1) is 12.5. The zero-order valence-corrected chi connectivity index (χ0v) is 16.5. The number of hydrogen-bond acceptors (Lipinski definition) is 5. The minimum atomic E-state index is -0.576. The van der Waals surface area contributed by atoms with E-state index in [1.165, 1.54) is 7.11 Å². The lowest BCUT2D eigenvalue weighted by atomic mass is 10.1. The van der Waals surface area contributed by atoms with Crippen molar-refractivity contribution in [2.24, 2.45) is 0 Å². The quantitative estimate of drug-likeness (QED) is 0.608. The fourth-order valence-corrected chi connectivity index (χ4v) is 2.78. The SMILES string of the molecule is COC(=O)Cc1ccc(OCC(C)NCC(O)c2cccc(Br)c2)cc1. The third-order valence-corrected chi connectivity index (χ3v) is 4.39. The zero-order chi connectivity index (χ0) is 18.9. The Bertz CT molecular complexity index is 705. The van der Waals surface area contributed by atoms with Crippen molar-refractivity contribution in [2.45, 2.75) is 25.5 Å². The summed E-state index contributed by atoms with van der Waals surface area (Å²) in [5, 5.41) is 13.5. The maximum absolute atomic E-state index is 11.2. The molecule has 0 aromatic heterocycles. The van der Waals surface area contributed by atoms with E-state index >= 15 is 0 Å². The molecule has 0 fully saturated rings. The highest BCUT2D eigenvalue weighted by Gasteiger charge is 2.10. The molecule has 2 atom stereocenters. The molecule has 140 valence electrons. The van der Waals surface area contributed by atoms with E-state index in [1.807, 2.05) is 55.5 Å². The van der Waals surface area contributed by atoms with E-state index in [4.69, 9.17) is 4.74 Å². The first-order valence-electron chi connectivity index (χ1n) is 8.43. The van der Waals surface area contributed by atoms with Gasteiger partial charge in [0.1, 0.15) is 12.4 Å². The van der Waals surface area contributed by atoms with Crippen LogP contribution in [0.25, 0.3) is 0 Å². The maximum atomic E-state index is 11.2. The minimum absolute atomic E-state index is 0.0755. The van der Waals surface area contributed by atoms with Crippen molar-refractivity contribution >= 4 is 21.9 Å². The highest BCUT2D eigenvalue weighted by atomic mass is 79.9. The van der Waals surface area contributed by atoms with Crippen LogP contribution in [0.15, 0.2) is 53.0 Å². The second-order valence-electron chi connectivity index (χ2n) is 6.09. The van der Waals surface area contributed by atoms with Crippen LogP contribution in [0.1, 0.15) is 24.2 Å². The smallest absolute Gasteiger partial charge is 0.309 e. The van der Waals surface area contributed by atoms with E-state index in [9.17, 15) is 9.90 Å². The minimum Gasteiger partial charge on any atom is -0.492 e. The molecule has 2 N–H and O–H groups in total. The molecule has 0 saturated carbocycles. The second-order valence-corrected chi connectivity index (χ2v) is 7.00. The lowest BCUT2D eigenvalue weighted by molar-refractivity contribution is -0.139. The van der Waals surface area contributed by atoms with Gasteiger partial charge in [-0.3, -0.25) is 4.79 Å². The van der Waals surface area contributed by atoms with Gasteiger partial charge in [-0.05, 0) is 42.3 Å². The molecule has 2 aromatic carbocycles. The third-order valence-electron chi connectivity index (χ3n) is 3.89. The lowest BCUT2D eigenvalue weighted by Crippen LogP contribution is -2.34. The van der Waals surface area contributed by atoms with Crippen LogP contribution in [-0.2, 0) is 16.0 Å². The fraction of sp³-hybridized carbons (Fsp3) is 0.350. The Labute approximate surface area is 162 Å². The molecule has 0 spiro atoms. The van der Waals surface area contributed by atoms with Crippen molar-refractivity contribution in [3.8, 4) is 5.75 Å². The number of carbonyl (C=O) groups is 1. The van der Waals surface area contributed by atoms with Gasteiger partial charge in [0.05, 0.1) is 19.6 Å². The predicted octanol–water partition coefficient (Wildman–Crippen LogP) is 3.26. The van der Waals surface area contributed by atoms with Crippen LogP contribution >= 0.6 is 15.9 Å². The van der Waals surface area contributed by atoms with Gasteiger partial charge < -0.3 is 19.9 Å². The number of nitrogens with one attached hydrogen (secondary N) is 1.